The van der Waals surface area contributed by atoms with Crippen LogP contribution in [0.25, 0.3) is 10.9 Å². The van der Waals surface area contributed by atoms with Crippen LogP contribution in [-0.2, 0) is 23.0 Å². The second-order valence-corrected chi connectivity index (χ2v) is 10.8. The minimum absolute atomic E-state index is 0.133. The summed E-state index contributed by atoms with van der Waals surface area (Å²) in [7, 11) is 3.18. The molecule has 6 nitrogen and oxygen atoms in total. The zero-order chi connectivity index (χ0) is 27.9. The molecule has 5 rings (SSSR count). The van der Waals surface area contributed by atoms with Crippen molar-refractivity contribution in [3.8, 4) is 5.75 Å². The Labute approximate surface area is 229 Å². The quantitative estimate of drug-likeness (QED) is 0.304. The van der Waals surface area contributed by atoms with Crippen LogP contribution >= 0.6 is 11.6 Å². The summed E-state index contributed by atoms with van der Waals surface area (Å²) in [5.41, 5.74) is 3.91. The Morgan fingerprint density at radius 3 is 2.41 bits per heavy atom. The van der Waals surface area contributed by atoms with Crippen LogP contribution in [0.2, 0.25) is 5.02 Å². The van der Waals surface area contributed by atoms with Gasteiger partial charge in [-0.1, -0.05) is 17.7 Å². The van der Waals surface area contributed by atoms with Crippen LogP contribution < -0.4 is 4.74 Å². The summed E-state index contributed by atoms with van der Waals surface area (Å²) in [6.07, 6.45) is -0.419. The first kappa shape index (κ1) is 27.4. The van der Waals surface area contributed by atoms with Gasteiger partial charge in [-0.3, -0.25) is 9.59 Å². The number of esters is 1. The van der Waals surface area contributed by atoms with Crippen LogP contribution in [0.15, 0.2) is 36.4 Å². The van der Waals surface area contributed by atoms with Crippen molar-refractivity contribution in [3.05, 3.63) is 63.8 Å². The number of ether oxygens (including phenoxy) is 2. The molecule has 0 radical (unpaired) electrons. The Balaban J connectivity index is 1.40. The molecule has 0 N–H and O–H groups in total. The van der Waals surface area contributed by atoms with Gasteiger partial charge in [-0.25, -0.2) is 0 Å². The first-order valence-electron chi connectivity index (χ1n) is 13.1. The molecule has 1 amide bonds. The molecule has 2 fully saturated rings. The van der Waals surface area contributed by atoms with Gasteiger partial charge >= 0.3 is 12.3 Å². The molecule has 2 heterocycles. The van der Waals surface area contributed by atoms with Crippen molar-refractivity contribution < 1.29 is 32.2 Å². The highest BCUT2D eigenvalue weighted by Gasteiger charge is 2.33. The largest absolute Gasteiger partial charge is 0.573 e. The van der Waals surface area contributed by atoms with Crippen molar-refractivity contribution in [2.24, 2.45) is 13.0 Å². The lowest BCUT2D eigenvalue weighted by atomic mass is 9.92. The number of halogens is 4. The topological polar surface area (TPSA) is 60.8 Å². The van der Waals surface area contributed by atoms with E-state index < -0.39 is 6.36 Å². The van der Waals surface area contributed by atoms with E-state index in [4.69, 9.17) is 16.3 Å². The summed E-state index contributed by atoms with van der Waals surface area (Å²) in [4.78, 5) is 26.9. The zero-order valence-electron chi connectivity index (χ0n) is 21.8. The summed E-state index contributed by atoms with van der Waals surface area (Å²) in [6.45, 7) is 1.09. The van der Waals surface area contributed by atoms with Gasteiger partial charge in [0, 0.05) is 50.1 Å². The molecular formula is C29H30ClF3N2O4. The number of fused-ring (bicyclic) bond motifs is 1. The number of aromatic nitrogens is 1. The van der Waals surface area contributed by atoms with Gasteiger partial charge in [-0.2, -0.15) is 0 Å². The molecule has 1 saturated heterocycles. The lowest BCUT2D eigenvalue weighted by molar-refractivity contribution is -0.274. The number of amides is 1. The average molecular weight is 563 g/mol. The summed E-state index contributed by atoms with van der Waals surface area (Å²) < 4.78 is 48.9. The number of piperidine rings is 1. The molecule has 10 heteroatoms. The predicted molar refractivity (Wildman–Crippen MR) is 141 cm³/mol. The zero-order valence-corrected chi connectivity index (χ0v) is 22.6. The number of carbonyl (C=O) groups is 2. The fourth-order valence-electron chi connectivity index (χ4n) is 5.50. The molecule has 0 unspecified atom stereocenters. The van der Waals surface area contributed by atoms with Crippen LogP contribution in [0, 0.1) is 5.92 Å². The number of methoxy groups -OCH3 is 1. The molecule has 2 aromatic carbocycles. The van der Waals surface area contributed by atoms with Crippen LogP contribution in [0.5, 0.6) is 5.75 Å². The summed E-state index contributed by atoms with van der Waals surface area (Å²) in [5, 5.41) is 1.21. The SMILES string of the molecule is COC(=O)CC1CCN(C(=O)c2ccc(C3CC3)c(Cc3cc4ccc(OC(F)(F)F)cc4n3C)c2Cl)CC1. The lowest BCUT2D eigenvalue weighted by Crippen LogP contribution is -2.39. The average Bonchev–Trinajstić information content (AvgIpc) is 3.69. The van der Waals surface area contributed by atoms with E-state index in [0.717, 1.165) is 47.9 Å². The van der Waals surface area contributed by atoms with E-state index in [9.17, 15) is 22.8 Å². The maximum Gasteiger partial charge on any atom is 0.573 e. The van der Waals surface area contributed by atoms with Gasteiger partial charge in [0.15, 0.2) is 0 Å². The molecule has 0 spiro atoms. The normalized spacial score (nSPS) is 16.5. The van der Waals surface area contributed by atoms with E-state index in [-0.39, 0.29) is 23.5 Å². The first-order chi connectivity index (χ1) is 18.5. The third-order valence-electron chi connectivity index (χ3n) is 7.82. The second-order valence-electron chi connectivity index (χ2n) is 10.4. The number of nitrogens with zero attached hydrogens (tertiary/aromatic N) is 2. The van der Waals surface area contributed by atoms with Gasteiger partial charge in [-0.05, 0) is 72.9 Å². The molecular weight excluding hydrogens is 533 g/mol. The van der Waals surface area contributed by atoms with Crippen molar-refractivity contribution in [2.75, 3.05) is 20.2 Å². The standard InChI is InChI=1S/C29H30ClF3N2O4/c1-34-20(14-19-5-6-21(16-25(19)34)39-29(31,32)33)15-24-22(18-3-4-18)7-8-23(27(24)30)28(37)35-11-9-17(10-12-35)13-26(36)38-2/h5-8,14,16-18H,3-4,9-13,15H2,1-2H3. The lowest BCUT2D eigenvalue weighted by Gasteiger charge is -2.32. The Bertz CT molecular complexity index is 1410. The van der Waals surface area contributed by atoms with Gasteiger partial charge in [-0.15, -0.1) is 13.2 Å². The smallest absolute Gasteiger partial charge is 0.469 e. The molecule has 3 aromatic rings. The molecule has 1 aliphatic carbocycles. The van der Waals surface area contributed by atoms with Crippen molar-refractivity contribution in [3.63, 3.8) is 0 Å². The maximum absolute atomic E-state index is 13.5. The van der Waals surface area contributed by atoms with Crippen molar-refractivity contribution in [2.45, 2.75) is 50.8 Å². The van der Waals surface area contributed by atoms with Crippen molar-refractivity contribution in [1.82, 2.24) is 9.47 Å². The number of likely N-dealkylation sites (tertiary alicyclic amines) is 1. The second kappa shape index (κ2) is 10.8. The highest BCUT2D eigenvalue weighted by Crippen LogP contribution is 2.45. The molecule has 0 atom stereocenters. The van der Waals surface area contributed by atoms with E-state index >= 15 is 0 Å². The number of aryl methyl sites for hydroxylation is 1. The molecule has 39 heavy (non-hydrogen) atoms. The Kier molecular flexibility index (Phi) is 7.55. The van der Waals surface area contributed by atoms with Gasteiger partial charge in [0.2, 0.25) is 0 Å². The van der Waals surface area contributed by atoms with E-state index in [1.54, 1.807) is 18.0 Å². The molecule has 1 aromatic heterocycles. The Morgan fingerprint density at radius 2 is 1.77 bits per heavy atom. The number of hydrogen-bond acceptors (Lipinski definition) is 4. The number of carbonyl (C=O) groups excluding carboxylic acids is 2. The molecule has 1 saturated carbocycles. The highest BCUT2D eigenvalue weighted by molar-refractivity contribution is 6.34. The number of benzene rings is 2. The fourth-order valence-corrected chi connectivity index (χ4v) is 5.82. The Hall–Kier alpha value is -3.20. The fraction of sp³-hybridized carbons (Fsp3) is 0.448. The molecule has 2 aliphatic rings. The maximum atomic E-state index is 13.5. The molecule has 1 aliphatic heterocycles. The molecule has 208 valence electrons. The predicted octanol–water partition coefficient (Wildman–Crippen LogP) is 6.61. The van der Waals surface area contributed by atoms with E-state index in [1.807, 2.05) is 22.8 Å². The summed E-state index contributed by atoms with van der Waals surface area (Å²) in [5.74, 6) is -0.0652. The van der Waals surface area contributed by atoms with Gasteiger partial charge in [0.1, 0.15) is 5.75 Å². The van der Waals surface area contributed by atoms with Gasteiger partial charge < -0.3 is 18.9 Å². The van der Waals surface area contributed by atoms with Crippen molar-refractivity contribution in [1.29, 1.82) is 0 Å². The number of rotatable bonds is 7. The van der Waals surface area contributed by atoms with Gasteiger partial charge in [0.25, 0.3) is 5.91 Å². The van der Waals surface area contributed by atoms with Crippen LogP contribution in [0.1, 0.15) is 65.2 Å². The van der Waals surface area contributed by atoms with E-state index in [0.29, 0.717) is 48.0 Å². The number of hydrogen-bond donors (Lipinski definition) is 0. The number of alkyl halides is 3. The minimum Gasteiger partial charge on any atom is -0.469 e. The van der Waals surface area contributed by atoms with Crippen molar-refractivity contribution >= 4 is 34.4 Å². The monoisotopic (exact) mass is 562 g/mol. The van der Waals surface area contributed by atoms with Crippen LogP contribution in [0.4, 0.5) is 13.2 Å². The van der Waals surface area contributed by atoms with E-state index in [1.165, 1.54) is 19.2 Å². The summed E-state index contributed by atoms with van der Waals surface area (Å²) >= 11 is 6.95. The van der Waals surface area contributed by atoms with Crippen LogP contribution in [0.3, 0.4) is 0 Å². The van der Waals surface area contributed by atoms with Gasteiger partial charge in [0.05, 0.1) is 23.2 Å². The highest BCUT2D eigenvalue weighted by atomic mass is 35.5. The Morgan fingerprint density at radius 1 is 1.05 bits per heavy atom. The van der Waals surface area contributed by atoms with Crippen LogP contribution in [-0.4, -0.2) is 47.9 Å². The van der Waals surface area contributed by atoms with E-state index in [2.05, 4.69) is 4.74 Å². The third-order valence-corrected chi connectivity index (χ3v) is 8.25. The summed E-state index contributed by atoms with van der Waals surface area (Å²) in [6, 6.07) is 10.0. The molecule has 0 bridgehead atoms. The first-order valence-corrected chi connectivity index (χ1v) is 13.4. The minimum atomic E-state index is -4.77. The third kappa shape index (κ3) is 6.03.